The molecule has 2 rings (SSSR count). The van der Waals surface area contributed by atoms with Gasteiger partial charge in [-0.3, -0.25) is 4.79 Å². The third kappa shape index (κ3) is 6.19. The second kappa shape index (κ2) is 9.79. The summed E-state index contributed by atoms with van der Waals surface area (Å²) in [5, 5.41) is 2.79. The van der Waals surface area contributed by atoms with Gasteiger partial charge in [0.05, 0.1) is 25.1 Å². The fourth-order valence-electron chi connectivity index (χ4n) is 2.08. The third-order valence-corrected chi connectivity index (χ3v) is 3.59. The van der Waals surface area contributed by atoms with Crippen molar-refractivity contribution < 1.29 is 14.3 Å². The average Bonchev–Trinajstić information content (AvgIpc) is 2.57. The number of nitrogens with two attached hydrogens (primary N) is 1. The lowest BCUT2D eigenvalue weighted by Gasteiger charge is -2.11. The van der Waals surface area contributed by atoms with Gasteiger partial charge in [-0.05, 0) is 48.7 Å². The summed E-state index contributed by atoms with van der Waals surface area (Å²) in [5.74, 6) is 1.76. The molecule has 0 bridgehead atoms. The maximum Gasteiger partial charge on any atom is 0.255 e. The van der Waals surface area contributed by atoms with Crippen molar-refractivity contribution in [2.45, 2.75) is 20.3 Å². The fraction of sp³-hybridized carbons (Fsp3) is 0.316. The van der Waals surface area contributed by atoms with Crippen LogP contribution in [0.2, 0.25) is 0 Å². The third-order valence-electron chi connectivity index (χ3n) is 3.59. The number of carbonyl (C=O) groups is 1. The van der Waals surface area contributed by atoms with Crippen molar-refractivity contribution in [2.75, 3.05) is 24.8 Å². The molecule has 0 aliphatic carbocycles. The van der Waals surface area contributed by atoms with Crippen LogP contribution in [0.1, 0.15) is 30.6 Å². The quantitative estimate of drug-likeness (QED) is 0.715. The van der Waals surface area contributed by atoms with Crippen LogP contribution in [0.25, 0.3) is 0 Å². The molecule has 0 aromatic heterocycles. The molecule has 136 valence electrons. The Hall–Kier alpha value is -2.40. The van der Waals surface area contributed by atoms with Gasteiger partial charge < -0.3 is 20.5 Å². The molecule has 3 N–H and O–H groups in total. The van der Waals surface area contributed by atoms with E-state index in [-0.39, 0.29) is 18.3 Å². The van der Waals surface area contributed by atoms with Gasteiger partial charge in [-0.25, -0.2) is 0 Å². The van der Waals surface area contributed by atoms with Gasteiger partial charge in [-0.2, -0.15) is 0 Å². The fourth-order valence-corrected chi connectivity index (χ4v) is 2.08. The van der Waals surface area contributed by atoms with E-state index in [9.17, 15) is 4.79 Å². The Balaban J connectivity index is 0.00000312. The smallest absolute Gasteiger partial charge is 0.255 e. The van der Waals surface area contributed by atoms with Crippen LogP contribution in [0.4, 0.5) is 11.4 Å². The highest BCUT2D eigenvalue weighted by Gasteiger charge is 2.09. The van der Waals surface area contributed by atoms with Crippen LogP contribution in [-0.2, 0) is 0 Å². The summed E-state index contributed by atoms with van der Waals surface area (Å²) >= 11 is 0. The molecule has 25 heavy (non-hydrogen) atoms. The van der Waals surface area contributed by atoms with Gasteiger partial charge in [0, 0.05) is 11.6 Å². The Bertz CT molecular complexity index is 688. The predicted octanol–water partition coefficient (Wildman–Crippen LogP) is 4.38. The minimum atomic E-state index is -0.233. The lowest BCUT2D eigenvalue weighted by Crippen LogP contribution is -2.13. The van der Waals surface area contributed by atoms with Crippen LogP contribution in [0.5, 0.6) is 11.5 Å². The molecule has 0 saturated carbocycles. The van der Waals surface area contributed by atoms with Gasteiger partial charge in [0.1, 0.15) is 11.5 Å². The molecule has 0 fully saturated rings. The molecule has 0 aliphatic rings. The number of ether oxygens (including phenoxy) is 2. The Morgan fingerprint density at radius 2 is 1.76 bits per heavy atom. The molecule has 0 unspecified atom stereocenters. The van der Waals surface area contributed by atoms with Crippen molar-refractivity contribution in [3.05, 3.63) is 48.0 Å². The van der Waals surface area contributed by atoms with Crippen LogP contribution < -0.4 is 20.5 Å². The Morgan fingerprint density at radius 1 is 1.12 bits per heavy atom. The summed E-state index contributed by atoms with van der Waals surface area (Å²) in [4.78, 5) is 12.3. The highest BCUT2D eigenvalue weighted by atomic mass is 35.5. The number of halogens is 1. The van der Waals surface area contributed by atoms with E-state index < -0.39 is 0 Å². The number of nitrogens with one attached hydrogen (secondary N) is 1. The van der Waals surface area contributed by atoms with E-state index in [1.54, 1.807) is 49.6 Å². The SMILES string of the molecule is COc1ccc(N)c(NC(=O)c2ccc(OCCC(C)C)cc2)c1.Cl. The standard InChI is InChI=1S/C19H24N2O3.ClH/c1-13(2)10-11-24-15-6-4-14(5-7-15)19(22)21-18-12-16(23-3)8-9-17(18)20;/h4-9,12-13H,10-11,20H2,1-3H3,(H,21,22);1H. The minimum absolute atomic E-state index is 0. The van der Waals surface area contributed by atoms with Gasteiger partial charge >= 0.3 is 0 Å². The number of methoxy groups -OCH3 is 1. The number of carbonyl (C=O) groups excluding carboxylic acids is 1. The van der Waals surface area contributed by atoms with Gasteiger partial charge in [0.25, 0.3) is 5.91 Å². The molecule has 0 atom stereocenters. The number of hydrogen-bond donors (Lipinski definition) is 2. The molecular formula is C19H25ClN2O3. The summed E-state index contributed by atoms with van der Waals surface area (Å²) in [6, 6.07) is 12.2. The van der Waals surface area contributed by atoms with Crippen molar-refractivity contribution in [2.24, 2.45) is 5.92 Å². The Morgan fingerprint density at radius 3 is 2.36 bits per heavy atom. The molecule has 0 saturated heterocycles. The van der Waals surface area contributed by atoms with Crippen molar-refractivity contribution in [3.8, 4) is 11.5 Å². The second-order valence-corrected chi connectivity index (χ2v) is 5.96. The first-order valence-electron chi connectivity index (χ1n) is 7.97. The monoisotopic (exact) mass is 364 g/mol. The molecule has 6 heteroatoms. The highest BCUT2D eigenvalue weighted by Crippen LogP contribution is 2.25. The first-order chi connectivity index (χ1) is 11.5. The summed E-state index contributed by atoms with van der Waals surface area (Å²) < 4.78 is 10.8. The number of benzene rings is 2. The Kier molecular flexibility index (Phi) is 8.08. The van der Waals surface area contributed by atoms with Gasteiger partial charge in [0.2, 0.25) is 0 Å². The Labute approximate surface area is 154 Å². The van der Waals surface area contributed by atoms with Crippen molar-refractivity contribution in [1.29, 1.82) is 0 Å². The number of rotatable bonds is 7. The van der Waals surface area contributed by atoms with Crippen molar-refractivity contribution >= 4 is 29.7 Å². The number of anilines is 2. The van der Waals surface area contributed by atoms with Crippen LogP contribution >= 0.6 is 12.4 Å². The lowest BCUT2D eigenvalue weighted by atomic mass is 10.1. The van der Waals surface area contributed by atoms with Crippen LogP contribution in [0.3, 0.4) is 0 Å². The summed E-state index contributed by atoms with van der Waals surface area (Å²) in [6.45, 7) is 4.98. The largest absolute Gasteiger partial charge is 0.497 e. The van der Waals surface area contributed by atoms with Crippen molar-refractivity contribution in [3.63, 3.8) is 0 Å². The van der Waals surface area contributed by atoms with Crippen LogP contribution in [0.15, 0.2) is 42.5 Å². The zero-order valence-electron chi connectivity index (χ0n) is 14.7. The van der Waals surface area contributed by atoms with Crippen molar-refractivity contribution in [1.82, 2.24) is 0 Å². The molecule has 0 aliphatic heterocycles. The van der Waals surface area contributed by atoms with E-state index in [0.29, 0.717) is 35.2 Å². The maximum absolute atomic E-state index is 12.3. The molecule has 5 nitrogen and oxygen atoms in total. The maximum atomic E-state index is 12.3. The second-order valence-electron chi connectivity index (χ2n) is 5.96. The van der Waals surface area contributed by atoms with Crippen LogP contribution in [0, 0.1) is 5.92 Å². The van der Waals surface area contributed by atoms with Gasteiger partial charge in [0.15, 0.2) is 0 Å². The summed E-state index contributed by atoms with van der Waals surface area (Å²) in [7, 11) is 1.56. The van der Waals surface area contributed by atoms with E-state index >= 15 is 0 Å². The van der Waals surface area contributed by atoms with E-state index in [0.717, 1.165) is 12.2 Å². The number of nitrogen functional groups attached to an aromatic ring is 1. The number of amides is 1. The molecule has 1 amide bonds. The van der Waals surface area contributed by atoms with Gasteiger partial charge in [-0.1, -0.05) is 13.8 Å². The van der Waals surface area contributed by atoms with E-state index in [4.69, 9.17) is 15.2 Å². The predicted molar refractivity (Wildman–Crippen MR) is 104 cm³/mol. The molecule has 2 aromatic rings. The minimum Gasteiger partial charge on any atom is -0.497 e. The molecule has 0 radical (unpaired) electrons. The zero-order chi connectivity index (χ0) is 17.5. The highest BCUT2D eigenvalue weighted by molar-refractivity contribution is 6.05. The molecular weight excluding hydrogens is 340 g/mol. The zero-order valence-corrected chi connectivity index (χ0v) is 15.6. The normalized spacial score (nSPS) is 10.1. The van der Waals surface area contributed by atoms with E-state index in [1.807, 2.05) is 0 Å². The van der Waals surface area contributed by atoms with Crippen LogP contribution in [-0.4, -0.2) is 19.6 Å². The molecule has 2 aromatic carbocycles. The lowest BCUT2D eigenvalue weighted by molar-refractivity contribution is 0.102. The van der Waals surface area contributed by atoms with E-state index in [2.05, 4.69) is 19.2 Å². The molecule has 0 heterocycles. The number of hydrogen-bond acceptors (Lipinski definition) is 4. The first-order valence-corrected chi connectivity index (χ1v) is 7.97. The summed E-state index contributed by atoms with van der Waals surface area (Å²) in [6.07, 6.45) is 0.997. The average molecular weight is 365 g/mol. The topological polar surface area (TPSA) is 73.6 Å². The molecule has 0 spiro atoms. The summed E-state index contributed by atoms with van der Waals surface area (Å²) in [5.41, 5.74) is 7.43. The first kappa shape index (κ1) is 20.6. The van der Waals surface area contributed by atoms with E-state index in [1.165, 1.54) is 0 Å². The van der Waals surface area contributed by atoms with Gasteiger partial charge in [-0.15, -0.1) is 12.4 Å².